The minimum Gasteiger partial charge on any atom is -0.366 e. The summed E-state index contributed by atoms with van der Waals surface area (Å²) >= 11 is 0. The van der Waals surface area contributed by atoms with Gasteiger partial charge in [0.15, 0.2) is 0 Å². The van der Waals surface area contributed by atoms with Crippen molar-refractivity contribution in [1.29, 1.82) is 0 Å². The van der Waals surface area contributed by atoms with Crippen LogP contribution in [-0.2, 0) is 24.4 Å². The maximum atomic E-state index is 13.4. The maximum absolute atomic E-state index is 13.4. The Morgan fingerprint density at radius 3 is 2.22 bits per heavy atom. The number of carbonyl (C=O) groups is 3. The molecule has 1 aliphatic rings. The van der Waals surface area contributed by atoms with Gasteiger partial charge in [0, 0.05) is 49.6 Å². The van der Waals surface area contributed by atoms with Gasteiger partial charge in [0.2, 0.25) is 5.91 Å². The van der Waals surface area contributed by atoms with Crippen molar-refractivity contribution in [3.63, 3.8) is 0 Å². The standard InChI is InChI=1S/C36H35N7O3/c1-2-3-19-43-35(45)28-14-10-16-31-34(28)29(36(43)46)20-32(40-31)39-21-25-11-4-5-15-30(25)41-33(44)24-42(22-26-12-6-8-17-37-26)23-27-13-7-9-18-38-27/h4-18,20H,2-3,19,21-24H2,1H3,(H,39,40)(H,41,44). The number of amides is 3. The van der Waals surface area contributed by atoms with E-state index in [1.807, 2.05) is 78.6 Å². The van der Waals surface area contributed by atoms with E-state index in [-0.39, 0.29) is 24.3 Å². The number of nitrogens with one attached hydrogen (secondary N) is 2. The van der Waals surface area contributed by atoms with Gasteiger partial charge in [-0.05, 0) is 60.5 Å². The number of aromatic nitrogens is 3. The Balaban J connectivity index is 1.18. The second-order valence-corrected chi connectivity index (χ2v) is 11.2. The second-order valence-electron chi connectivity index (χ2n) is 11.2. The van der Waals surface area contributed by atoms with Crippen LogP contribution in [0, 0.1) is 0 Å². The fourth-order valence-corrected chi connectivity index (χ4v) is 5.61. The molecule has 0 saturated heterocycles. The van der Waals surface area contributed by atoms with Gasteiger partial charge in [0.1, 0.15) is 5.82 Å². The van der Waals surface area contributed by atoms with E-state index in [1.165, 1.54) is 4.90 Å². The maximum Gasteiger partial charge on any atom is 0.261 e. The summed E-state index contributed by atoms with van der Waals surface area (Å²) in [6.07, 6.45) is 5.10. The molecule has 0 bridgehead atoms. The largest absolute Gasteiger partial charge is 0.366 e. The first-order valence-corrected chi connectivity index (χ1v) is 15.4. The molecule has 0 aliphatic carbocycles. The molecule has 46 heavy (non-hydrogen) atoms. The zero-order chi connectivity index (χ0) is 31.9. The summed E-state index contributed by atoms with van der Waals surface area (Å²) in [5.74, 6) is -0.234. The van der Waals surface area contributed by atoms with E-state index in [1.54, 1.807) is 30.6 Å². The van der Waals surface area contributed by atoms with Gasteiger partial charge in [0.25, 0.3) is 11.8 Å². The second kappa shape index (κ2) is 14.1. The van der Waals surface area contributed by atoms with Crippen molar-refractivity contribution in [2.24, 2.45) is 0 Å². The van der Waals surface area contributed by atoms with Crippen LogP contribution in [0.2, 0.25) is 0 Å². The number of imide groups is 1. The lowest BCUT2D eigenvalue weighted by Crippen LogP contribution is -2.41. The van der Waals surface area contributed by atoms with Crippen molar-refractivity contribution in [1.82, 2.24) is 24.8 Å². The number of carbonyl (C=O) groups excluding carboxylic acids is 3. The average molecular weight is 614 g/mol. The molecular formula is C36H35N7O3. The summed E-state index contributed by atoms with van der Waals surface area (Å²) < 4.78 is 0. The highest BCUT2D eigenvalue weighted by molar-refractivity contribution is 6.25. The SMILES string of the molecule is CCCCN1C(=O)c2cccc3nc(NCc4ccccc4NC(=O)CN(Cc4ccccn4)Cc4ccccn4)cc(c23)C1=O. The van der Waals surface area contributed by atoms with Gasteiger partial charge in [0.05, 0.1) is 34.6 Å². The Bertz CT molecular complexity index is 1820. The minimum atomic E-state index is -0.304. The quantitative estimate of drug-likeness (QED) is 0.163. The summed E-state index contributed by atoms with van der Waals surface area (Å²) in [6.45, 7) is 3.88. The minimum absolute atomic E-state index is 0.141. The van der Waals surface area contributed by atoms with Crippen LogP contribution >= 0.6 is 0 Å². The molecule has 232 valence electrons. The topological polar surface area (TPSA) is 120 Å². The van der Waals surface area contributed by atoms with Gasteiger partial charge in [-0.1, -0.05) is 49.7 Å². The lowest BCUT2D eigenvalue weighted by Gasteiger charge is -2.27. The zero-order valence-corrected chi connectivity index (χ0v) is 25.6. The molecule has 1 aliphatic heterocycles. The lowest BCUT2D eigenvalue weighted by atomic mass is 9.96. The predicted octanol–water partition coefficient (Wildman–Crippen LogP) is 5.67. The summed E-state index contributed by atoms with van der Waals surface area (Å²) in [6, 6.07) is 26.1. The molecule has 0 fully saturated rings. The van der Waals surface area contributed by atoms with Crippen molar-refractivity contribution in [2.75, 3.05) is 23.7 Å². The van der Waals surface area contributed by atoms with Crippen LogP contribution in [-0.4, -0.2) is 55.6 Å². The van der Waals surface area contributed by atoms with Crippen LogP contribution in [0.3, 0.4) is 0 Å². The zero-order valence-electron chi connectivity index (χ0n) is 25.6. The van der Waals surface area contributed by atoms with E-state index in [0.29, 0.717) is 59.7 Å². The van der Waals surface area contributed by atoms with Crippen LogP contribution in [0.5, 0.6) is 0 Å². The van der Waals surface area contributed by atoms with E-state index < -0.39 is 0 Å². The Kier molecular flexibility index (Phi) is 9.35. The average Bonchev–Trinajstić information content (AvgIpc) is 3.07. The van der Waals surface area contributed by atoms with Gasteiger partial charge < -0.3 is 10.6 Å². The van der Waals surface area contributed by atoms with Crippen molar-refractivity contribution in [2.45, 2.75) is 39.4 Å². The fraction of sp³-hybridized carbons (Fsp3) is 0.222. The smallest absolute Gasteiger partial charge is 0.261 e. The third kappa shape index (κ3) is 6.92. The number of rotatable bonds is 13. The predicted molar refractivity (Wildman–Crippen MR) is 177 cm³/mol. The van der Waals surface area contributed by atoms with Crippen molar-refractivity contribution >= 4 is 40.1 Å². The van der Waals surface area contributed by atoms with Gasteiger partial charge in [-0.15, -0.1) is 0 Å². The van der Waals surface area contributed by atoms with Gasteiger partial charge >= 0.3 is 0 Å². The van der Waals surface area contributed by atoms with Crippen molar-refractivity contribution in [3.8, 4) is 0 Å². The molecule has 10 heteroatoms. The number of unbranched alkanes of at least 4 members (excludes halogenated alkanes) is 1. The molecule has 4 heterocycles. The monoisotopic (exact) mass is 613 g/mol. The van der Waals surface area contributed by atoms with Gasteiger partial charge in [-0.2, -0.15) is 0 Å². The molecule has 0 saturated carbocycles. The molecular weight excluding hydrogens is 578 g/mol. The van der Waals surface area contributed by atoms with E-state index in [9.17, 15) is 14.4 Å². The number of benzene rings is 2. The number of nitrogens with zero attached hydrogens (tertiary/aromatic N) is 5. The van der Waals surface area contributed by atoms with E-state index in [0.717, 1.165) is 29.8 Å². The Hall–Kier alpha value is -5.48. The summed E-state index contributed by atoms with van der Waals surface area (Å²) in [5.41, 5.74) is 4.79. The van der Waals surface area contributed by atoms with Crippen LogP contribution in [0.1, 0.15) is 57.4 Å². The van der Waals surface area contributed by atoms with Crippen molar-refractivity contribution < 1.29 is 14.4 Å². The summed E-state index contributed by atoms with van der Waals surface area (Å²) in [4.78, 5) is 56.8. The molecule has 3 aromatic heterocycles. The van der Waals surface area contributed by atoms with Crippen molar-refractivity contribution in [3.05, 3.63) is 125 Å². The highest BCUT2D eigenvalue weighted by atomic mass is 16.2. The molecule has 6 rings (SSSR count). The molecule has 0 atom stereocenters. The Labute approximate surface area is 267 Å². The molecule has 2 aromatic carbocycles. The van der Waals surface area contributed by atoms with Crippen LogP contribution in [0.15, 0.2) is 97.3 Å². The Morgan fingerprint density at radius 1 is 0.826 bits per heavy atom. The fourth-order valence-electron chi connectivity index (χ4n) is 5.61. The summed E-state index contributed by atoms with van der Waals surface area (Å²) in [7, 11) is 0. The van der Waals surface area contributed by atoms with Crippen LogP contribution in [0.25, 0.3) is 10.9 Å². The molecule has 0 unspecified atom stereocenters. The third-order valence-corrected chi connectivity index (χ3v) is 7.86. The number of hydrogen-bond acceptors (Lipinski definition) is 8. The normalized spacial score (nSPS) is 12.5. The first kappa shape index (κ1) is 30.5. The number of para-hydroxylation sites is 1. The van der Waals surface area contributed by atoms with E-state index in [4.69, 9.17) is 4.98 Å². The summed E-state index contributed by atoms with van der Waals surface area (Å²) in [5, 5.41) is 7.00. The first-order valence-electron chi connectivity index (χ1n) is 15.4. The number of anilines is 2. The van der Waals surface area contributed by atoms with Gasteiger partial charge in [-0.3, -0.25) is 34.2 Å². The molecule has 0 radical (unpaired) electrons. The molecule has 3 amide bonds. The van der Waals surface area contributed by atoms with E-state index in [2.05, 4.69) is 20.6 Å². The molecule has 0 spiro atoms. The lowest BCUT2D eigenvalue weighted by molar-refractivity contribution is -0.117. The highest BCUT2D eigenvalue weighted by Gasteiger charge is 2.33. The van der Waals surface area contributed by atoms with Gasteiger partial charge in [-0.25, -0.2) is 4.98 Å². The number of hydrogen-bond donors (Lipinski definition) is 2. The number of pyridine rings is 3. The third-order valence-electron chi connectivity index (χ3n) is 7.86. The molecule has 2 N–H and O–H groups in total. The highest BCUT2D eigenvalue weighted by Crippen LogP contribution is 2.31. The van der Waals surface area contributed by atoms with Crippen LogP contribution in [0.4, 0.5) is 11.5 Å². The molecule has 10 nitrogen and oxygen atoms in total. The molecule has 5 aromatic rings. The van der Waals surface area contributed by atoms with E-state index >= 15 is 0 Å². The van der Waals surface area contributed by atoms with Crippen LogP contribution < -0.4 is 10.6 Å². The Morgan fingerprint density at radius 2 is 1.52 bits per heavy atom. The first-order chi connectivity index (χ1) is 22.5.